The Labute approximate surface area is 158 Å². The molecule has 27 heavy (non-hydrogen) atoms. The van der Waals surface area contributed by atoms with Gasteiger partial charge >= 0.3 is 0 Å². The van der Waals surface area contributed by atoms with E-state index in [1.165, 1.54) is 0 Å². The lowest BCUT2D eigenvalue weighted by molar-refractivity contribution is -0.120. The number of carbonyl (C=O) groups excluding carboxylic acids is 1. The molecule has 140 valence electrons. The van der Waals surface area contributed by atoms with Gasteiger partial charge in [-0.05, 0) is 31.0 Å². The molecule has 0 spiro atoms. The van der Waals surface area contributed by atoms with Gasteiger partial charge in [-0.3, -0.25) is 4.79 Å². The molecular weight excluding hydrogens is 340 g/mol. The quantitative estimate of drug-likeness (QED) is 0.726. The molecule has 0 radical (unpaired) electrons. The Hall–Kier alpha value is -3.09. The molecule has 1 aliphatic rings. The third kappa shape index (κ3) is 3.86. The van der Waals surface area contributed by atoms with Crippen molar-refractivity contribution in [3.63, 3.8) is 0 Å². The Morgan fingerprint density at radius 3 is 3.00 bits per heavy atom. The molecule has 1 fully saturated rings. The van der Waals surface area contributed by atoms with E-state index in [0.717, 1.165) is 48.5 Å². The lowest BCUT2D eigenvalue weighted by Crippen LogP contribution is -2.50. The van der Waals surface area contributed by atoms with Gasteiger partial charge in [-0.1, -0.05) is 18.2 Å². The molecule has 7 heteroatoms. The number of amides is 1. The average molecular weight is 364 g/mol. The number of nitrogens with one attached hydrogen (secondary N) is 2. The molecule has 1 amide bonds. The maximum Gasteiger partial charge on any atom is 0.239 e. The van der Waals surface area contributed by atoms with E-state index in [1.54, 1.807) is 6.33 Å². The van der Waals surface area contributed by atoms with Gasteiger partial charge in [0, 0.05) is 38.1 Å². The van der Waals surface area contributed by atoms with Crippen molar-refractivity contribution in [3.05, 3.63) is 48.9 Å². The van der Waals surface area contributed by atoms with Crippen molar-refractivity contribution in [1.82, 2.24) is 20.3 Å². The molecule has 0 aliphatic carbocycles. The molecule has 0 bridgehead atoms. The highest BCUT2D eigenvalue weighted by Gasteiger charge is 2.24. The minimum atomic E-state index is 0.0441. The first kappa shape index (κ1) is 17.3. The standard InChI is InChI=1S/C20H24N6O/c1-25(16-7-3-2-4-8-16)13-18(27)24-15-6-5-11-26(12-15)20-17-9-10-21-19(17)22-14-23-20/h2-4,7-10,14-15H,5-6,11-13H2,1H3,(H,24,27)(H,21,22,23)/t15-/m1/s1. The van der Waals surface area contributed by atoms with Gasteiger partial charge in [-0.25, -0.2) is 9.97 Å². The lowest BCUT2D eigenvalue weighted by atomic mass is 10.1. The normalized spacial score (nSPS) is 17.1. The van der Waals surface area contributed by atoms with Crippen LogP contribution < -0.4 is 15.1 Å². The number of anilines is 2. The first-order chi connectivity index (χ1) is 13.2. The first-order valence-corrected chi connectivity index (χ1v) is 9.29. The molecular formula is C20H24N6O. The topological polar surface area (TPSA) is 77.2 Å². The Morgan fingerprint density at radius 1 is 1.30 bits per heavy atom. The van der Waals surface area contributed by atoms with Gasteiger partial charge < -0.3 is 20.1 Å². The molecule has 2 aromatic heterocycles. The summed E-state index contributed by atoms with van der Waals surface area (Å²) in [5.74, 6) is 0.976. The molecule has 7 nitrogen and oxygen atoms in total. The molecule has 0 unspecified atom stereocenters. The molecule has 1 aromatic carbocycles. The summed E-state index contributed by atoms with van der Waals surface area (Å²) in [6.45, 7) is 2.04. The maximum atomic E-state index is 12.5. The van der Waals surface area contributed by atoms with E-state index < -0.39 is 0 Å². The van der Waals surface area contributed by atoms with Gasteiger partial charge in [0.05, 0.1) is 11.9 Å². The second-order valence-electron chi connectivity index (χ2n) is 6.98. The van der Waals surface area contributed by atoms with E-state index in [0.29, 0.717) is 6.54 Å². The highest BCUT2D eigenvalue weighted by Crippen LogP contribution is 2.25. The van der Waals surface area contributed by atoms with Crippen LogP contribution in [0.4, 0.5) is 11.5 Å². The zero-order valence-electron chi connectivity index (χ0n) is 15.4. The third-order valence-corrected chi connectivity index (χ3v) is 5.00. The summed E-state index contributed by atoms with van der Waals surface area (Å²) in [6.07, 6.45) is 5.48. The van der Waals surface area contributed by atoms with E-state index in [9.17, 15) is 4.79 Å². The number of aromatic amines is 1. The zero-order valence-corrected chi connectivity index (χ0v) is 15.4. The van der Waals surface area contributed by atoms with Crippen LogP contribution in [0, 0.1) is 0 Å². The van der Waals surface area contributed by atoms with Gasteiger partial charge in [-0.2, -0.15) is 0 Å². The van der Waals surface area contributed by atoms with Crippen molar-refractivity contribution in [2.24, 2.45) is 0 Å². The van der Waals surface area contributed by atoms with E-state index in [1.807, 2.05) is 54.5 Å². The number of nitrogens with zero attached hydrogens (tertiary/aromatic N) is 4. The van der Waals surface area contributed by atoms with Crippen molar-refractivity contribution in [2.45, 2.75) is 18.9 Å². The SMILES string of the molecule is CN(CC(=O)N[C@@H]1CCCN(c2ncnc3[nH]ccc23)C1)c1ccccc1. The van der Waals surface area contributed by atoms with Crippen LogP contribution in [0.5, 0.6) is 0 Å². The summed E-state index contributed by atoms with van der Waals surface area (Å²) in [5.41, 5.74) is 1.88. The van der Waals surface area contributed by atoms with Gasteiger partial charge in [0.2, 0.25) is 5.91 Å². The second kappa shape index (κ2) is 7.65. The Bertz CT molecular complexity index is 909. The van der Waals surface area contributed by atoms with Crippen molar-refractivity contribution in [2.75, 3.05) is 36.5 Å². The fourth-order valence-corrected chi connectivity index (χ4v) is 3.66. The highest BCUT2D eigenvalue weighted by atomic mass is 16.2. The number of carbonyl (C=O) groups is 1. The Morgan fingerprint density at radius 2 is 2.15 bits per heavy atom. The first-order valence-electron chi connectivity index (χ1n) is 9.29. The highest BCUT2D eigenvalue weighted by molar-refractivity contribution is 5.87. The summed E-state index contributed by atoms with van der Waals surface area (Å²) < 4.78 is 0. The smallest absolute Gasteiger partial charge is 0.239 e. The van der Waals surface area contributed by atoms with Crippen molar-refractivity contribution in [3.8, 4) is 0 Å². The summed E-state index contributed by atoms with van der Waals surface area (Å²) in [7, 11) is 1.94. The van der Waals surface area contributed by atoms with Crippen LogP contribution in [0.2, 0.25) is 0 Å². The Kier molecular flexibility index (Phi) is 4.91. The van der Waals surface area contributed by atoms with Crippen LogP contribution in [-0.4, -0.2) is 53.6 Å². The predicted molar refractivity (Wildman–Crippen MR) is 107 cm³/mol. The average Bonchev–Trinajstić information content (AvgIpc) is 3.17. The van der Waals surface area contributed by atoms with Crippen LogP contribution in [0.15, 0.2) is 48.9 Å². The molecule has 0 saturated carbocycles. The molecule has 4 rings (SSSR count). The summed E-state index contributed by atoms with van der Waals surface area (Å²) in [4.78, 5) is 28.6. The van der Waals surface area contributed by atoms with E-state index in [4.69, 9.17) is 0 Å². The van der Waals surface area contributed by atoms with Crippen LogP contribution in [-0.2, 0) is 4.79 Å². The fourth-order valence-electron chi connectivity index (χ4n) is 3.66. The summed E-state index contributed by atoms with van der Waals surface area (Å²) in [6, 6.07) is 12.1. The minimum Gasteiger partial charge on any atom is -0.365 e. The largest absolute Gasteiger partial charge is 0.365 e. The van der Waals surface area contributed by atoms with Gasteiger partial charge in [-0.15, -0.1) is 0 Å². The molecule has 1 aliphatic heterocycles. The fraction of sp³-hybridized carbons (Fsp3) is 0.350. The number of rotatable bonds is 5. The number of aromatic nitrogens is 3. The van der Waals surface area contributed by atoms with Crippen LogP contribution in [0.25, 0.3) is 11.0 Å². The predicted octanol–water partition coefficient (Wildman–Crippen LogP) is 2.18. The van der Waals surface area contributed by atoms with E-state index in [2.05, 4.69) is 25.2 Å². The molecule has 1 atom stereocenters. The van der Waals surface area contributed by atoms with Gasteiger partial charge in [0.15, 0.2) is 0 Å². The van der Waals surface area contributed by atoms with E-state index >= 15 is 0 Å². The summed E-state index contributed by atoms with van der Waals surface area (Å²) >= 11 is 0. The van der Waals surface area contributed by atoms with E-state index in [-0.39, 0.29) is 11.9 Å². The van der Waals surface area contributed by atoms with Crippen LogP contribution >= 0.6 is 0 Å². The van der Waals surface area contributed by atoms with Crippen LogP contribution in [0.3, 0.4) is 0 Å². The molecule has 3 heterocycles. The number of para-hydroxylation sites is 1. The number of fused-ring (bicyclic) bond motifs is 1. The number of hydrogen-bond donors (Lipinski definition) is 2. The number of piperidine rings is 1. The molecule has 3 aromatic rings. The van der Waals surface area contributed by atoms with Crippen molar-refractivity contribution >= 4 is 28.4 Å². The number of H-pyrrole nitrogens is 1. The molecule has 2 N–H and O–H groups in total. The number of benzene rings is 1. The monoisotopic (exact) mass is 364 g/mol. The zero-order chi connectivity index (χ0) is 18.6. The minimum absolute atomic E-state index is 0.0441. The summed E-state index contributed by atoms with van der Waals surface area (Å²) in [5, 5.41) is 4.21. The van der Waals surface area contributed by atoms with Crippen molar-refractivity contribution in [1.29, 1.82) is 0 Å². The number of hydrogen-bond acceptors (Lipinski definition) is 5. The third-order valence-electron chi connectivity index (χ3n) is 5.00. The lowest BCUT2D eigenvalue weighted by Gasteiger charge is -2.34. The van der Waals surface area contributed by atoms with Crippen molar-refractivity contribution < 1.29 is 4.79 Å². The maximum absolute atomic E-state index is 12.5. The van der Waals surface area contributed by atoms with Crippen LogP contribution in [0.1, 0.15) is 12.8 Å². The van der Waals surface area contributed by atoms with Gasteiger partial charge in [0.25, 0.3) is 0 Å². The van der Waals surface area contributed by atoms with Gasteiger partial charge in [0.1, 0.15) is 17.8 Å². The Balaban J connectivity index is 1.38. The number of likely N-dealkylation sites (N-methyl/N-ethyl adjacent to an activating group) is 1. The molecule has 1 saturated heterocycles. The second-order valence-corrected chi connectivity index (χ2v) is 6.98.